The topological polar surface area (TPSA) is 58.1 Å². The summed E-state index contributed by atoms with van der Waals surface area (Å²) in [5, 5.41) is 9.10. The summed E-state index contributed by atoms with van der Waals surface area (Å²) in [5.74, 6) is -0.0999. The SMILES string of the molecule is Oc1occ2c1C=NCN=C2. The molecule has 11 heavy (non-hydrogen) atoms. The van der Waals surface area contributed by atoms with E-state index in [1.807, 2.05) is 0 Å². The largest absolute Gasteiger partial charge is 0.480 e. The van der Waals surface area contributed by atoms with Crippen molar-refractivity contribution in [1.29, 1.82) is 0 Å². The summed E-state index contributed by atoms with van der Waals surface area (Å²) in [4.78, 5) is 7.83. The molecule has 0 radical (unpaired) electrons. The molecule has 0 bridgehead atoms. The van der Waals surface area contributed by atoms with E-state index in [4.69, 9.17) is 9.52 Å². The predicted octanol–water partition coefficient (Wildman–Crippen LogP) is 0.794. The summed E-state index contributed by atoms with van der Waals surface area (Å²) in [6.45, 7) is 0.411. The van der Waals surface area contributed by atoms with Gasteiger partial charge in [0.2, 0.25) is 0 Å². The summed E-state index contributed by atoms with van der Waals surface area (Å²) in [6, 6.07) is 0. The van der Waals surface area contributed by atoms with Gasteiger partial charge in [-0.15, -0.1) is 0 Å². The van der Waals surface area contributed by atoms with Gasteiger partial charge in [0.05, 0.1) is 5.56 Å². The van der Waals surface area contributed by atoms with Gasteiger partial charge in [0.25, 0.3) is 5.95 Å². The molecule has 56 valence electrons. The minimum absolute atomic E-state index is 0.0999. The van der Waals surface area contributed by atoms with Crippen LogP contribution in [0.1, 0.15) is 11.1 Å². The van der Waals surface area contributed by atoms with Crippen LogP contribution in [0.25, 0.3) is 0 Å². The summed E-state index contributed by atoms with van der Waals surface area (Å²) >= 11 is 0. The average Bonchev–Trinajstić information content (AvgIpc) is 2.25. The summed E-state index contributed by atoms with van der Waals surface area (Å²) in [7, 11) is 0. The fraction of sp³-hybridized carbons (Fsp3) is 0.143. The average molecular weight is 150 g/mol. The molecule has 0 aromatic carbocycles. The van der Waals surface area contributed by atoms with Gasteiger partial charge in [-0.2, -0.15) is 0 Å². The van der Waals surface area contributed by atoms with Crippen LogP contribution in [0.3, 0.4) is 0 Å². The van der Waals surface area contributed by atoms with Crippen molar-refractivity contribution in [3.63, 3.8) is 0 Å². The Labute approximate surface area is 62.9 Å². The van der Waals surface area contributed by atoms with Crippen LogP contribution in [0.15, 0.2) is 20.7 Å². The molecule has 1 aromatic heterocycles. The Kier molecular flexibility index (Phi) is 1.25. The highest BCUT2D eigenvalue weighted by Crippen LogP contribution is 2.20. The van der Waals surface area contributed by atoms with Gasteiger partial charge >= 0.3 is 0 Å². The van der Waals surface area contributed by atoms with Crippen molar-refractivity contribution in [3.05, 3.63) is 17.4 Å². The van der Waals surface area contributed by atoms with Gasteiger partial charge < -0.3 is 9.52 Å². The minimum Gasteiger partial charge on any atom is -0.480 e. The van der Waals surface area contributed by atoms with Crippen molar-refractivity contribution in [2.75, 3.05) is 6.67 Å². The van der Waals surface area contributed by atoms with E-state index in [9.17, 15) is 0 Å². The van der Waals surface area contributed by atoms with Crippen molar-refractivity contribution in [1.82, 2.24) is 0 Å². The molecule has 0 unspecified atom stereocenters. The summed E-state index contributed by atoms with van der Waals surface area (Å²) in [6.07, 6.45) is 4.64. The molecule has 1 aliphatic rings. The third kappa shape index (κ3) is 0.920. The Hall–Kier alpha value is -1.58. The highest BCUT2D eigenvalue weighted by atomic mass is 16.5. The number of aromatic hydroxyl groups is 1. The van der Waals surface area contributed by atoms with Crippen molar-refractivity contribution < 1.29 is 9.52 Å². The molecule has 0 aliphatic carbocycles. The number of nitrogens with zero attached hydrogens (tertiary/aromatic N) is 2. The summed E-state index contributed by atoms with van der Waals surface area (Å²) in [5.41, 5.74) is 1.37. The first kappa shape index (κ1) is 6.15. The van der Waals surface area contributed by atoms with Gasteiger partial charge in [-0.05, 0) is 0 Å². The molecule has 0 saturated carbocycles. The Bertz CT molecular complexity index is 325. The molecule has 0 atom stereocenters. The first-order chi connectivity index (χ1) is 5.38. The normalized spacial score (nSPS) is 14.5. The van der Waals surface area contributed by atoms with E-state index < -0.39 is 0 Å². The zero-order valence-electron chi connectivity index (χ0n) is 5.69. The molecule has 2 rings (SSSR count). The highest BCUT2D eigenvalue weighted by Gasteiger charge is 2.09. The first-order valence-electron chi connectivity index (χ1n) is 3.18. The summed E-state index contributed by atoms with van der Waals surface area (Å²) < 4.78 is 4.75. The number of fused-ring (bicyclic) bond motifs is 1. The maximum absolute atomic E-state index is 9.10. The van der Waals surface area contributed by atoms with E-state index in [1.165, 1.54) is 6.26 Å². The van der Waals surface area contributed by atoms with E-state index in [2.05, 4.69) is 9.98 Å². The molecular formula is C7H6N2O2. The van der Waals surface area contributed by atoms with E-state index in [0.29, 0.717) is 12.2 Å². The highest BCUT2D eigenvalue weighted by molar-refractivity contribution is 5.96. The molecule has 4 nitrogen and oxygen atoms in total. The minimum atomic E-state index is -0.0999. The van der Waals surface area contributed by atoms with Gasteiger partial charge in [-0.1, -0.05) is 0 Å². The lowest BCUT2D eigenvalue weighted by atomic mass is 10.2. The molecule has 1 aromatic rings. The second-order valence-electron chi connectivity index (χ2n) is 2.17. The number of hydrogen-bond acceptors (Lipinski definition) is 4. The second-order valence-corrected chi connectivity index (χ2v) is 2.17. The number of furan rings is 1. The quantitative estimate of drug-likeness (QED) is 0.594. The number of aliphatic imine (C=N–C) groups is 2. The van der Waals surface area contributed by atoms with E-state index in [1.54, 1.807) is 12.4 Å². The molecule has 0 fully saturated rings. The number of hydrogen-bond donors (Lipinski definition) is 1. The van der Waals surface area contributed by atoms with Crippen molar-refractivity contribution in [2.24, 2.45) is 9.98 Å². The fourth-order valence-electron chi connectivity index (χ4n) is 0.918. The maximum atomic E-state index is 9.10. The molecular weight excluding hydrogens is 144 g/mol. The van der Waals surface area contributed by atoms with Crippen molar-refractivity contribution >= 4 is 12.4 Å². The smallest absolute Gasteiger partial charge is 0.291 e. The van der Waals surface area contributed by atoms with E-state index >= 15 is 0 Å². The zero-order chi connectivity index (χ0) is 7.68. The lowest BCUT2D eigenvalue weighted by Gasteiger charge is -1.84. The van der Waals surface area contributed by atoms with E-state index in [-0.39, 0.29) is 5.95 Å². The van der Waals surface area contributed by atoms with Gasteiger partial charge in [0.1, 0.15) is 12.9 Å². The third-order valence-corrected chi connectivity index (χ3v) is 1.45. The zero-order valence-corrected chi connectivity index (χ0v) is 5.69. The molecule has 1 N–H and O–H groups in total. The molecule has 4 heteroatoms. The maximum Gasteiger partial charge on any atom is 0.291 e. The van der Waals surface area contributed by atoms with Crippen LogP contribution in [-0.2, 0) is 0 Å². The fourth-order valence-corrected chi connectivity index (χ4v) is 0.918. The Morgan fingerprint density at radius 2 is 2.18 bits per heavy atom. The van der Waals surface area contributed by atoms with Gasteiger partial charge in [0, 0.05) is 18.0 Å². The van der Waals surface area contributed by atoms with Crippen LogP contribution in [0, 0.1) is 0 Å². The lowest BCUT2D eigenvalue weighted by molar-refractivity contribution is 0.332. The van der Waals surface area contributed by atoms with Gasteiger partial charge in [-0.3, -0.25) is 9.98 Å². The van der Waals surface area contributed by atoms with E-state index in [0.717, 1.165) is 5.56 Å². The van der Waals surface area contributed by atoms with Crippen LogP contribution in [-0.4, -0.2) is 24.2 Å². The van der Waals surface area contributed by atoms with Crippen LogP contribution in [0.5, 0.6) is 5.95 Å². The van der Waals surface area contributed by atoms with Crippen molar-refractivity contribution in [3.8, 4) is 5.95 Å². The Morgan fingerprint density at radius 3 is 3.09 bits per heavy atom. The van der Waals surface area contributed by atoms with Crippen LogP contribution in [0.4, 0.5) is 0 Å². The predicted molar refractivity (Wildman–Crippen MR) is 40.4 cm³/mol. The molecule has 0 spiro atoms. The monoisotopic (exact) mass is 150 g/mol. The second kappa shape index (κ2) is 2.23. The third-order valence-electron chi connectivity index (χ3n) is 1.45. The lowest BCUT2D eigenvalue weighted by Crippen LogP contribution is -1.82. The molecule has 0 saturated heterocycles. The van der Waals surface area contributed by atoms with Gasteiger partial charge in [-0.25, -0.2) is 0 Å². The Morgan fingerprint density at radius 1 is 1.36 bits per heavy atom. The molecule has 0 amide bonds. The standard InChI is InChI=1S/C7H6N2O2/c10-7-6-2-9-4-8-1-5(6)3-11-7/h1-3,10H,4H2. The first-order valence-corrected chi connectivity index (χ1v) is 3.18. The Balaban J connectivity index is 2.60. The van der Waals surface area contributed by atoms with Crippen LogP contribution < -0.4 is 0 Å². The molecule has 1 aliphatic heterocycles. The van der Waals surface area contributed by atoms with Crippen LogP contribution in [0.2, 0.25) is 0 Å². The van der Waals surface area contributed by atoms with Crippen molar-refractivity contribution in [2.45, 2.75) is 0 Å². The van der Waals surface area contributed by atoms with Crippen LogP contribution >= 0.6 is 0 Å². The van der Waals surface area contributed by atoms with Gasteiger partial charge in [0.15, 0.2) is 0 Å². The molecule has 2 heterocycles. The number of rotatable bonds is 0.